The molecule has 0 radical (unpaired) electrons. The Bertz CT molecular complexity index is 987. The summed E-state index contributed by atoms with van der Waals surface area (Å²) in [5, 5.41) is 2.73. The average molecular weight is 506 g/mol. The van der Waals surface area contributed by atoms with E-state index in [2.05, 4.69) is 105 Å². The van der Waals surface area contributed by atoms with Gasteiger partial charge in [-0.25, -0.2) is 0 Å². The van der Waals surface area contributed by atoms with Crippen molar-refractivity contribution in [2.24, 2.45) is 0 Å². The molecular formula is C27H27Cl3Ti. The van der Waals surface area contributed by atoms with Crippen LogP contribution in [0.4, 0.5) is 0 Å². The second kappa shape index (κ2) is 13.4. The molecule has 0 unspecified atom stereocenters. The van der Waals surface area contributed by atoms with Crippen LogP contribution in [0.3, 0.4) is 0 Å². The molecule has 4 rings (SSSR count). The van der Waals surface area contributed by atoms with Crippen molar-refractivity contribution in [1.82, 2.24) is 0 Å². The molecule has 31 heavy (non-hydrogen) atoms. The summed E-state index contributed by atoms with van der Waals surface area (Å²) < 4.78 is 0. The number of benzene rings is 3. The molecule has 0 atom stereocenters. The van der Waals surface area contributed by atoms with E-state index in [1.54, 1.807) is 0 Å². The van der Waals surface area contributed by atoms with Gasteiger partial charge in [0.05, 0.1) is 0 Å². The number of halogens is 3. The monoisotopic (exact) mass is 504 g/mol. The Morgan fingerprint density at radius 2 is 1.19 bits per heavy atom. The van der Waals surface area contributed by atoms with Gasteiger partial charge in [-0.15, -0.1) is 40.1 Å². The zero-order chi connectivity index (χ0) is 18.7. The first-order valence-electron chi connectivity index (χ1n) is 10.0. The molecule has 4 aromatic rings. The largest absolute Gasteiger partial charge is 4.00 e. The molecule has 0 fully saturated rings. The molecular weight excluding hydrogens is 479 g/mol. The molecule has 0 aliphatic heterocycles. The van der Waals surface area contributed by atoms with Gasteiger partial charge in [-0.2, -0.15) is 6.07 Å². The van der Waals surface area contributed by atoms with E-state index in [0.29, 0.717) is 0 Å². The molecule has 0 saturated heterocycles. The number of unbranched alkanes of at least 4 members (excludes halogenated alkanes) is 1. The normalized spacial score (nSPS) is 10.3. The molecule has 160 valence electrons. The molecule has 0 spiro atoms. The van der Waals surface area contributed by atoms with Gasteiger partial charge in [0.15, 0.2) is 0 Å². The summed E-state index contributed by atoms with van der Waals surface area (Å²) in [6.45, 7) is 4.57. The van der Waals surface area contributed by atoms with E-state index in [4.69, 9.17) is 0 Å². The molecule has 0 aromatic heterocycles. The number of hydrogen-bond donors (Lipinski definition) is 0. The van der Waals surface area contributed by atoms with Crippen molar-refractivity contribution in [1.29, 1.82) is 0 Å². The second-order valence-electron chi connectivity index (χ2n) is 7.53. The van der Waals surface area contributed by atoms with Crippen LogP contribution in [0.25, 0.3) is 10.8 Å². The van der Waals surface area contributed by atoms with Gasteiger partial charge in [-0.3, -0.25) is 0 Å². The molecule has 0 heterocycles. The maximum absolute atomic E-state index is 2.36. The van der Waals surface area contributed by atoms with Gasteiger partial charge in [0, 0.05) is 5.41 Å². The van der Waals surface area contributed by atoms with Gasteiger partial charge in [-0.05, 0) is 17.5 Å². The van der Waals surface area contributed by atoms with Crippen LogP contribution in [0.1, 0.15) is 48.4 Å². The van der Waals surface area contributed by atoms with E-state index in [0.717, 1.165) is 6.42 Å². The summed E-state index contributed by atoms with van der Waals surface area (Å²) >= 11 is 0. The van der Waals surface area contributed by atoms with Crippen molar-refractivity contribution in [2.75, 3.05) is 0 Å². The number of fused-ring (bicyclic) bond motifs is 1. The Kier molecular flexibility index (Phi) is 12.9. The standard InChI is InChI=1S/C27H27.3ClH.Ti/c1-3-4-19-27(23-14-7-5-8-15-23,24-16-9-6-10-17-24)26-21(2)20-22-13-11-12-18-25(22)26;;;;/h5-18,20H,3-4,19H2,1-2H3;3*1H;/q-1;;;;+4/p-3. The molecule has 0 aliphatic carbocycles. The molecule has 0 nitrogen and oxygen atoms in total. The molecule has 0 N–H and O–H groups in total. The maximum atomic E-state index is 2.36. The third-order valence-electron chi connectivity index (χ3n) is 5.86. The van der Waals surface area contributed by atoms with Gasteiger partial charge in [0.2, 0.25) is 0 Å². The van der Waals surface area contributed by atoms with Crippen LogP contribution in [0, 0.1) is 6.92 Å². The minimum Gasteiger partial charge on any atom is -1.00 e. The summed E-state index contributed by atoms with van der Waals surface area (Å²) in [7, 11) is 0. The molecule has 4 heteroatoms. The zero-order valence-corrected chi connectivity index (χ0v) is 21.7. The number of rotatable bonds is 6. The first-order valence-corrected chi connectivity index (χ1v) is 10.0. The van der Waals surface area contributed by atoms with Gasteiger partial charge in [0.25, 0.3) is 0 Å². The first kappa shape index (κ1) is 29.9. The van der Waals surface area contributed by atoms with E-state index < -0.39 is 0 Å². The summed E-state index contributed by atoms with van der Waals surface area (Å²) in [6.07, 6.45) is 3.51. The quantitative estimate of drug-likeness (QED) is 0.219. The Balaban J connectivity index is 0.00000225. The smallest absolute Gasteiger partial charge is 1.00 e. The number of hydrogen-bond acceptors (Lipinski definition) is 0. The summed E-state index contributed by atoms with van der Waals surface area (Å²) in [6, 6.07) is 33.4. The van der Waals surface area contributed by atoms with Gasteiger partial charge in [0.1, 0.15) is 0 Å². The van der Waals surface area contributed by atoms with Crippen LogP contribution in [0.15, 0.2) is 91.0 Å². The van der Waals surface area contributed by atoms with Crippen LogP contribution in [-0.4, -0.2) is 0 Å². The number of aryl methyl sites for hydroxylation is 1. The molecule has 0 saturated carbocycles. The fourth-order valence-electron chi connectivity index (χ4n) is 4.69. The predicted octanol–water partition coefficient (Wildman–Crippen LogP) is -1.60. The second-order valence-corrected chi connectivity index (χ2v) is 7.53. The first-order chi connectivity index (χ1) is 13.3. The van der Waals surface area contributed by atoms with E-state index in [1.165, 1.54) is 45.9 Å². The van der Waals surface area contributed by atoms with Crippen molar-refractivity contribution >= 4 is 10.8 Å². The third-order valence-corrected chi connectivity index (χ3v) is 5.86. The minimum absolute atomic E-state index is 0. The minimum atomic E-state index is -0.119. The summed E-state index contributed by atoms with van der Waals surface area (Å²) in [5.41, 5.74) is 5.53. The summed E-state index contributed by atoms with van der Waals surface area (Å²) in [4.78, 5) is 0. The SMILES string of the molecule is CCCCC(c1ccccc1)(c1ccccc1)[c-]1c(C)cc2ccccc21.[Cl-].[Cl-].[Cl-].[Ti+4]. The van der Waals surface area contributed by atoms with Crippen molar-refractivity contribution in [3.8, 4) is 0 Å². The van der Waals surface area contributed by atoms with Crippen molar-refractivity contribution in [2.45, 2.75) is 38.5 Å². The van der Waals surface area contributed by atoms with Crippen LogP contribution >= 0.6 is 0 Å². The Morgan fingerprint density at radius 3 is 1.71 bits per heavy atom. The molecule has 4 aromatic carbocycles. The van der Waals surface area contributed by atoms with Crippen molar-refractivity contribution in [3.05, 3.63) is 113 Å². The van der Waals surface area contributed by atoms with Crippen LogP contribution in [0.2, 0.25) is 0 Å². The predicted molar refractivity (Wildman–Crippen MR) is 117 cm³/mol. The fraction of sp³-hybridized carbons (Fsp3) is 0.222. The topological polar surface area (TPSA) is 0 Å². The van der Waals surface area contributed by atoms with Crippen molar-refractivity contribution < 1.29 is 58.9 Å². The van der Waals surface area contributed by atoms with Crippen LogP contribution in [0.5, 0.6) is 0 Å². The maximum Gasteiger partial charge on any atom is 4.00 e. The van der Waals surface area contributed by atoms with E-state index in [-0.39, 0.29) is 64.4 Å². The molecule has 0 amide bonds. The Morgan fingerprint density at radius 1 is 0.710 bits per heavy atom. The average Bonchev–Trinajstić information content (AvgIpc) is 3.07. The fourth-order valence-corrected chi connectivity index (χ4v) is 4.69. The van der Waals surface area contributed by atoms with Crippen LogP contribution in [-0.2, 0) is 27.1 Å². The summed E-state index contributed by atoms with van der Waals surface area (Å²) in [5.74, 6) is 0. The van der Waals surface area contributed by atoms with E-state index in [1.807, 2.05) is 0 Å². The van der Waals surface area contributed by atoms with Crippen molar-refractivity contribution in [3.63, 3.8) is 0 Å². The zero-order valence-electron chi connectivity index (χ0n) is 17.9. The Labute approximate surface area is 220 Å². The van der Waals surface area contributed by atoms with Gasteiger partial charge < -0.3 is 37.2 Å². The Hall–Kier alpha value is -1.15. The third kappa shape index (κ3) is 5.62. The molecule has 0 aliphatic rings. The van der Waals surface area contributed by atoms with E-state index >= 15 is 0 Å². The van der Waals surface area contributed by atoms with E-state index in [9.17, 15) is 0 Å². The molecule has 0 bridgehead atoms. The van der Waals surface area contributed by atoms with Gasteiger partial charge in [-0.1, -0.05) is 93.4 Å². The van der Waals surface area contributed by atoms with Crippen LogP contribution < -0.4 is 37.2 Å². The van der Waals surface area contributed by atoms with Gasteiger partial charge >= 0.3 is 21.7 Å².